The number of amides is 4. The molecule has 1 aromatic carbocycles. The third-order valence-electron chi connectivity index (χ3n) is 6.37. The van der Waals surface area contributed by atoms with Gasteiger partial charge >= 0.3 is 6.03 Å². The van der Waals surface area contributed by atoms with Crippen LogP contribution in [0, 0.1) is 12.8 Å². The minimum Gasteiger partial charge on any atom is -0.459 e. The van der Waals surface area contributed by atoms with Gasteiger partial charge in [-0.1, -0.05) is 6.92 Å². The SMILES string of the molecule is Cc1cc(C(=O)N2CCC(C)CC2)ccc1NC(=O)N1CCN(C(=O)c2ccco2)CC1. The summed E-state index contributed by atoms with van der Waals surface area (Å²) in [6, 6.07) is 8.54. The van der Waals surface area contributed by atoms with Gasteiger partial charge in [-0.05, 0) is 61.6 Å². The molecule has 0 saturated carbocycles. The summed E-state index contributed by atoms with van der Waals surface area (Å²) in [7, 11) is 0. The molecule has 8 nitrogen and oxygen atoms in total. The molecule has 0 unspecified atom stereocenters. The number of anilines is 1. The van der Waals surface area contributed by atoms with Gasteiger partial charge in [-0.25, -0.2) is 4.79 Å². The van der Waals surface area contributed by atoms with Crippen molar-refractivity contribution in [2.45, 2.75) is 26.7 Å². The Balaban J connectivity index is 1.32. The summed E-state index contributed by atoms with van der Waals surface area (Å²) < 4.78 is 5.17. The van der Waals surface area contributed by atoms with Crippen LogP contribution in [0.15, 0.2) is 41.0 Å². The van der Waals surface area contributed by atoms with Crippen LogP contribution in [-0.2, 0) is 0 Å². The highest BCUT2D eigenvalue weighted by Gasteiger charge is 2.26. The molecule has 0 spiro atoms. The molecule has 0 bridgehead atoms. The zero-order valence-corrected chi connectivity index (χ0v) is 18.7. The first-order valence-electron chi connectivity index (χ1n) is 11.2. The van der Waals surface area contributed by atoms with E-state index in [0.29, 0.717) is 49.1 Å². The van der Waals surface area contributed by atoms with Gasteiger partial charge in [0.25, 0.3) is 11.8 Å². The van der Waals surface area contributed by atoms with E-state index in [1.807, 2.05) is 17.9 Å². The predicted octanol–water partition coefficient (Wildman–Crippen LogP) is 3.45. The van der Waals surface area contributed by atoms with Crippen molar-refractivity contribution in [1.29, 1.82) is 0 Å². The third kappa shape index (κ3) is 4.79. The van der Waals surface area contributed by atoms with E-state index < -0.39 is 0 Å². The van der Waals surface area contributed by atoms with Gasteiger partial charge in [-0.3, -0.25) is 9.59 Å². The maximum absolute atomic E-state index is 12.8. The molecular weight excluding hydrogens is 408 g/mol. The maximum atomic E-state index is 12.8. The second-order valence-electron chi connectivity index (χ2n) is 8.69. The number of nitrogens with zero attached hydrogens (tertiary/aromatic N) is 3. The molecule has 170 valence electrons. The predicted molar refractivity (Wildman–Crippen MR) is 121 cm³/mol. The van der Waals surface area contributed by atoms with Crippen LogP contribution in [0.1, 0.15) is 46.2 Å². The molecule has 2 aliphatic rings. The van der Waals surface area contributed by atoms with Crippen LogP contribution in [0.3, 0.4) is 0 Å². The topological polar surface area (TPSA) is 86.1 Å². The lowest BCUT2D eigenvalue weighted by atomic mass is 9.98. The lowest BCUT2D eigenvalue weighted by molar-refractivity contribution is 0.0640. The number of nitrogens with one attached hydrogen (secondary N) is 1. The number of urea groups is 1. The number of hydrogen-bond donors (Lipinski definition) is 1. The zero-order chi connectivity index (χ0) is 22.7. The molecule has 1 aromatic heterocycles. The lowest BCUT2D eigenvalue weighted by Crippen LogP contribution is -2.51. The van der Waals surface area contributed by atoms with Gasteiger partial charge in [0.1, 0.15) is 0 Å². The summed E-state index contributed by atoms with van der Waals surface area (Å²) in [5.41, 5.74) is 2.19. The minimum absolute atomic E-state index is 0.0511. The van der Waals surface area contributed by atoms with Crippen LogP contribution in [0.2, 0.25) is 0 Å². The Morgan fingerprint density at radius 1 is 0.906 bits per heavy atom. The minimum atomic E-state index is -0.206. The summed E-state index contributed by atoms with van der Waals surface area (Å²) >= 11 is 0. The van der Waals surface area contributed by atoms with Gasteiger partial charge in [0.2, 0.25) is 0 Å². The number of aryl methyl sites for hydroxylation is 1. The molecule has 2 aliphatic heterocycles. The second kappa shape index (κ2) is 9.46. The fourth-order valence-electron chi connectivity index (χ4n) is 4.19. The second-order valence-corrected chi connectivity index (χ2v) is 8.69. The fraction of sp³-hybridized carbons (Fsp3) is 0.458. The van der Waals surface area contributed by atoms with Crippen LogP contribution >= 0.6 is 0 Å². The number of carbonyl (C=O) groups is 3. The smallest absolute Gasteiger partial charge is 0.321 e. The van der Waals surface area contributed by atoms with Crippen molar-refractivity contribution >= 4 is 23.5 Å². The number of benzene rings is 1. The van der Waals surface area contributed by atoms with E-state index in [0.717, 1.165) is 31.5 Å². The van der Waals surface area contributed by atoms with Gasteiger partial charge in [0.15, 0.2) is 5.76 Å². The van der Waals surface area contributed by atoms with Crippen LogP contribution in [0.25, 0.3) is 0 Å². The molecule has 3 heterocycles. The Labute approximate surface area is 188 Å². The first-order chi connectivity index (χ1) is 15.4. The highest BCUT2D eigenvalue weighted by atomic mass is 16.3. The van der Waals surface area contributed by atoms with E-state index in [1.54, 1.807) is 34.1 Å². The molecule has 2 saturated heterocycles. The average molecular weight is 439 g/mol. The van der Waals surface area contributed by atoms with Crippen molar-refractivity contribution in [2.24, 2.45) is 5.92 Å². The summed E-state index contributed by atoms with van der Waals surface area (Å²) in [4.78, 5) is 43.2. The molecular formula is C24H30N4O4. The maximum Gasteiger partial charge on any atom is 0.321 e. The van der Waals surface area contributed by atoms with Crippen molar-refractivity contribution in [1.82, 2.24) is 14.7 Å². The Bertz CT molecular complexity index is 972. The molecule has 0 radical (unpaired) electrons. The molecule has 1 N–H and O–H groups in total. The van der Waals surface area contributed by atoms with E-state index in [2.05, 4.69) is 12.2 Å². The molecule has 2 fully saturated rings. The van der Waals surface area contributed by atoms with Gasteiger partial charge in [0.05, 0.1) is 6.26 Å². The van der Waals surface area contributed by atoms with Crippen LogP contribution < -0.4 is 5.32 Å². The first-order valence-corrected chi connectivity index (χ1v) is 11.2. The van der Waals surface area contributed by atoms with E-state index in [4.69, 9.17) is 4.42 Å². The van der Waals surface area contributed by atoms with Crippen molar-refractivity contribution in [3.8, 4) is 0 Å². The van der Waals surface area contributed by atoms with Crippen LogP contribution in [0.5, 0.6) is 0 Å². The number of likely N-dealkylation sites (tertiary alicyclic amines) is 1. The standard InChI is InChI=1S/C24H30N4O4/c1-17-7-9-26(10-8-17)22(29)19-5-6-20(18(2)16-19)25-24(31)28-13-11-27(12-14-28)23(30)21-4-3-15-32-21/h3-6,15-17H,7-14H2,1-2H3,(H,25,31). The van der Waals surface area contributed by atoms with E-state index >= 15 is 0 Å². The highest BCUT2D eigenvalue weighted by molar-refractivity contribution is 5.96. The quantitative estimate of drug-likeness (QED) is 0.795. The van der Waals surface area contributed by atoms with Gasteiger partial charge in [-0.2, -0.15) is 0 Å². The molecule has 4 amide bonds. The van der Waals surface area contributed by atoms with E-state index in [-0.39, 0.29) is 17.8 Å². The normalized spacial score (nSPS) is 17.4. The zero-order valence-electron chi connectivity index (χ0n) is 18.7. The van der Waals surface area contributed by atoms with Crippen molar-refractivity contribution in [2.75, 3.05) is 44.6 Å². The first kappa shape index (κ1) is 21.9. The molecule has 32 heavy (non-hydrogen) atoms. The number of rotatable bonds is 3. The molecule has 2 aromatic rings. The number of carbonyl (C=O) groups excluding carboxylic acids is 3. The van der Waals surface area contributed by atoms with Crippen molar-refractivity contribution in [3.63, 3.8) is 0 Å². The summed E-state index contributed by atoms with van der Waals surface area (Å²) in [5.74, 6) is 0.875. The molecule has 4 rings (SSSR count). The lowest BCUT2D eigenvalue weighted by Gasteiger charge is -2.34. The van der Waals surface area contributed by atoms with Crippen molar-refractivity contribution in [3.05, 3.63) is 53.5 Å². The Morgan fingerprint density at radius 3 is 2.19 bits per heavy atom. The number of piperidine rings is 1. The highest BCUT2D eigenvalue weighted by Crippen LogP contribution is 2.22. The summed E-state index contributed by atoms with van der Waals surface area (Å²) in [6.45, 7) is 7.51. The Hall–Kier alpha value is -3.29. The summed E-state index contributed by atoms with van der Waals surface area (Å²) in [6.07, 6.45) is 3.56. The van der Waals surface area contributed by atoms with Gasteiger partial charge < -0.3 is 24.4 Å². The Morgan fingerprint density at radius 2 is 1.56 bits per heavy atom. The van der Waals surface area contributed by atoms with E-state index in [9.17, 15) is 14.4 Å². The fourth-order valence-corrected chi connectivity index (χ4v) is 4.19. The monoisotopic (exact) mass is 438 g/mol. The van der Waals surface area contributed by atoms with Crippen molar-refractivity contribution < 1.29 is 18.8 Å². The average Bonchev–Trinajstić information content (AvgIpc) is 3.35. The van der Waals surface area contributed by atoms with Gasteiger partial charge in [-0.15, -0.1) is 0 Å². The number of furan rings is 1. The third-order valence-corrected chi connectivity index (χ3v) is 6.37. The van der Waals surface area contributed by atoms with E-state index in [1.165, 1.54) is 6.26 Å². The number of hydrogen-bond acceptors (Lipinski definition) is 4. The van der Waals surface area contributed by atoms with Gasteiger partial charge in [0, 0.05) is 50.5 Å². The molecule has 8 heteroatoms. The molecule has 0 atom stereocenters. The Kier molecular flexibility index (Phi) is 6.48. The van der Waals surface area contributed by atoms with Crippen LogP contribution in [0.4, 0.5) is 10.5 Å². The largest absolute Gasteiger partial charge is 0.459 e. The van der Waals surface area contributed by atoms with Crippen LogP contribution in [-0.4, -0.2) is 71.8 Å². The molecule has 0 aliphatic carbocycles. The summed E-state index contributed by atoms with van der Waals surface area (Å²) in [5, 5.41) is 2.94. The number of piperazine rings is 1.